The largest absolute Gasteiger partial charge is 0.379 e. The Labute approximate surface area is 168 Å². The summed E-state index contributed by atoms with van der Waals surface area (Å²) in [5.74, 6) is -0.327. The Hall–Kier alpha value is -2.98. The molecule has 2 N–H and O–H groups in total. The quantitative estimate of drug-likeness (QED) is 0.502. The van der Waals surface area contributed by atoms with Crippen LogP contribution in [0.2, 0.25) is 0 Å². The van der Waals surface area contributed by atoms with Crippen molar-refractivity contribution in [3.05, 3.63) is 58.6 Å². The number of rotatable bonds is 8. The van der Waals surface area contributed by atoms with Crippen molar-refractivity contribution in [3.63, 3.8) is 0 Å². The monoisotopic (exact) mass is 418 g/mol. The molecule has 2 aromatic rings. The average Bonchev–Trinajstić information content (AvgIpc) is 3.24. The van der Waals surface area contributed by atoms with Crippen LogP contribution >= 0.6 is 0 Å². The van der Waals surface area contributed by atoms with E-state index in [1.54, 1.807) is 30.3 Å². The fourth-order valence-corrected chi connectivity index (χ4v) is 4.69. The van der Waals surface area contributed by atoms with Gasteiger partial charge in [-0.25, -0.2) is 8.42 Å². The van der Waals surface area contributed by atoms with E-state index < -0.39 is 14.9 Å². The number of nitro benzene ring substituents is 1. The highest BCUT2D eigenvalue weighted by atomic mass is 32.2. The lowest BCUT2D eigenvalue weighted by Gasteiger charge is -2.16. The van der Waals surface area contributed by atoms with Crippen LogP contribution in [0.15, 0.2) is 53.4 Å². The number of sulfonamides is 1. The Balaban J connectivity index is 1.58. The molecule has 3 rings (SSSR count). The number of nitrogens with zero attached hydrogens (tertiary/aromatic N) is 2. The molecule has 0 aliphatic carbocycles. The maximum absolute atomic E-state index is 12.6. The third kappa shape index (κ3) is 5.09. The predicted molar refractivity (Wildman–Crippen MR) is 109 cm³/mol. The molecule has 2 aromatic carbocycles. The van der Waals surface area contributed by atoms with E-state index in [-0.39, 0.29) is 29.5 Å². The molecule has 0 bridgehead atoms. The number of para-hydroxylation sites is 2. The highest BCUT2D eigenvalue weighted by Crippen LogP contribution is 2.24. The van der Waals surface area contributed by atoms with Gasteiger partial charge in [0.05, 0.1) is 9.82 Å². The van der Waals surface area contributed by atoms with Crippen LogP contribution < -0.4 is 10.6 Å². The standard InChI is InChI=1S/C19H22N4O5S/c24-19(10-11-20-17-8-1-2-9-18(17)23(25)26)21-15-6-5-7-16(14-15)29(27,28)22-12-3-4-13-22/h1-2,5-9,14,20H,3-4,10-13H2,(H,21,24). The zero-order valence-corrected chi connectivity index (χ0v) is 16.5. The molecule has 1 aliphatic rings. The van der Waals surface area contributed by atoms with Crippen molar-refractivity contribution < 1.29 is 18.1 Å². The molecule has 1 fully saturated rings. The molecular weight excluding hydrogens is 396 g/mol. The SMILES string of the molecule is O=C(CCNc1ccccc1[N+](=O)[O-])Nc1cccc(S(=O)(=O)N2CCCC2)c1. The molecule has 0 radical (unpaired) electrons. The molecule has 0 atom stereocenters. The van der Waals surface area contributed by atoms with Gasteiger partial charge in [0.2, 0.25) is 15.9 Å². The first-order valence-electron chi connectivity index (χ1n) is 9.25. The lowest BCUT2D eigenvalue weighted by Crippen LogP contribution is -2.28. The van der Waals surface area contributed by atoms with Crippen molar-refractivity contribution >= 4 is 33.0 Å². The van der Waals surface area contributed by atoms with Crippen LogP contribution in [0.5, 0.6) is 0 Å². The smallest absolute Gasteiger partial charge is 0.292 e. The van der Waals surface area contributed by atoms with E-state index in [4.69, 9.17) is 0 Å². The van der Waals surface area contributed by atoms with Gasteiger partial charge >= 0.3 is 0 Å². The van der Waals surface area contributed by atoms with Crippen LogP contribution in [0.4, 0.5) is 17.1 Å². The zero-order valence-electron chi connectivity index (χ0n) is 15.7. The number of amides is 1. The molecule has 1 amide bonds. The number of anilines is 2. The molecule has 0 spiro atoms. The minimum absolute atomic E-state index is 0.0623. The van der Waals surface area contributed by atoms with Crippen molar-refractivity contribution in [1.29, 1.82) is 0 Å². The molecule has 0 saturated carbocycles. The molecule has 154 valence electrons. The Morgan fingerprint density at radius 1 is 1.10 bits per heavy atom. The minimum atomic E-state index is -3.56. The highest BCUT2D eigenvalue weighted by molar-refractivity contribution is 7.89. The van der Waals surface area contributed by atoms with Crippen LogP contribution in [0.3, 0.4) is 0 Å². The van der Waals surface area contributed by atoms with Gasteiger partial charge in [-0.3, -0.25) is 14.9 Å². The second kappa shape index (κ2) is 9.01. The van der Waals surface area contributed by atoms with Gasteiger partial charge < -0.3 is 10.6 Å². The Bertz CT molecular complexity index is 1000. The zero-order chi connectivity index (χ0) is 20.9. The number of nitrogens with one attached hydrogen (secondary N) is 2. The maximum Gasteiger partial charge on any atom is 0.292 e. The molecular formula is C19H22N4O5S. The first-order chi connectivity index (χ1) is 13.9. The molecule has 0 unspecified atom stereocenters. The van der Waals surface area contributed by atoms with E-state index in [9.17, 15) is 23.3 Å². The van der Waals surface area contributed by atoms with Gasteiger partial charge in [0.15, 0.2) is 0 Å². The van der Waals surface area contributed by atoms with Crippen molar-refractivity contribution in [3.8, 4) is 0 Å². The van der Waals surface area contributed by atoms with E-state index >= 15 is 0 Å². The summed E-state index contributed by atoms with van der Waals surface area (Å²) in [6.45, 7) is 1.22. The number of carbonyl (C=O) groups excluding carboxylic acids is 1. The first kappa shape index (κ1) is 20.7. The van der Waals surface area contributed by atoms with Crippen LogP contribution in [-0.4, -0.2) is 43.2 Å². The number of nitro groups is 1. The topological polar surface area (TPSA) is 122 Å². The summed E-state index contributed by atoms with van der Waals surface area (Å²) in [6.07, 6.45) is 1.76. The Morgan fingerprint density at radius 3 is 2.55 bits per heavy atom. The second-order valence-corrected chi connectivity index (χ2v) is 8.58. The van der Waals surface area contributed by atoms with Crippen molar-refractivity contribution in [2.75, 3.05) is 30.3 Å². The summed E-state index contributed by atoms with van der Waals surface area (Å²) >= 11 is 0. The van der Waals surface area contributed by atoms with Gasteiger partial charge in [0.25, 0.3) is 5.69 Å². The minimum Gasteiger partial charge on any atom is -0.379 e. The van der Waals surface area contributed by atoms with E-state index in [1.807, 2.05) is 0 Å². The lowest BCUT2D eigenvalue weighted by molar-refractivity contribution is -0.384. The molecule has 1 aliphatic heterocycles. The molecule has 10 heteroatoms. The van der Waals surface area contributed by atoms with Gasteiger partial charge in [0, 0.05) is 37.8 Å². The van der Waals surface area contributed by atoms with Crippen molar-refractivity contribution in [2.24, 2.45) is 0 Å². The number of carbonyl (C=O) groups is 1. The Kier molecular flexibility index (Phi) is 6.45. The number of hydrogen-bond acceptors (Lipinski definition) is 6. The van der Waals surface area contributed by atoms with Crippen molar-refractivity contribution in [2.45, 2.75) is 24.2 Å². The van der Waals surface area contributed by atoms with Gasteiger partial charge in [-0.1, -0.05) is 18.2 Å². The average molecular weight is 418 g/mol. The van der Waals surface area contributed by atoms with Gasteiger partial charge in [-0.05, 0) is 37.1 Å². The van der Waals surface area contributed by atoms with Crippen LogP contribution in [0.1, 0.15) is 19.3 Å². The normalized spacial score (nSPS) is 14.5. The Morgan fingerprint density at radius 2 is 1.83 bits per heavy atom. The summed E-state index contributed by atoms with van der Waals surface area (Å²) < 4.78 is 26.7. The summed E-state index contributed by atoms with van der Waals surface area (Å²) in [6, 6.07) is 12.4. The molecule has 1 saturated heterocycles. The number of hydrogen-bond donors (Lipinski definition) is 2. The summed E-state index contributed by atoms with van der Waals surface area (Å²) in [7, 11) is -3.56. The first-order valence-corrected chi connectivity index (χ1v) is 10.7. The van der Waals surface area contributed by atoms with Crippen molar-refractivity contribution in [1.82, 2.24) is 4.31 Å². The van der Waals surface area contributed by atoms with Gasteiger partial charge in [0.1, 0.15) is 5.69 Å². The number of benzene rings is 2. The van der Waals surface area contributed by atoms with E-state index in [0.29, 0.717) is 24.5 Å². The highest BCUT2D eigenvalue weighted by Gasteiger charge is 2.27. The van der Waals surface area contributed by atoms with E-state index in [0.717, 1.165) is 12.8 Å². The molecule has 9 nitrogen and oxygen atoms in total. The molecule has 29 heavy (non-hydrogen) atoms. The fourth-order valence-electron chi connectivity index (χ4n) is 3.13. The summed E-state index contributed by atoms with van der Waals surface area (Å²) in [5, 5.41) is 16.6. The summed E-state index contributed by atoms with van der Waals surface area (Å²) in [4.78, 5) is 22.9. The molecule has 0 aromatic heterocycles. The van der Waals surface area contributed by atoms with Crippen LogP contribution in [-0.2, 0) is 14.8 Å². The van der Waals surface area contributed by atoms with Gasteiger partial charge in [-0.15, -0.1) is 0 Å². The molecule has 1 heterocycles. The third-order valence-corrected chi connectivity index (χ3v) is 6.48. The van der Waals surface area contributed by atoms with Crippen LogP contribution in [0, 0.1) is 10.1 Å². The fraction of sp³-hybridized carbons (Fsp3) is 0.316. The van der Waals surface area contributed by atoms with E-state index in [2.05, 4.69) is 10.6 Å². The van der Waals surface area contributed by atoms with E-state index in [1.165, 1.54) is 22.5 Å². The van der Waals surface area contributed by atoms with Crippen LogP contribution in [0.25, 0.3) is 0 Å². The maximum atomic E-state index is 12.6. The lowest BCUT2D eigenvalue weighted by atomic mass is 10.2. The third-order valence-electron chi connectivity index (χ3n) is 4.59. The predicted octanol–water partition coefficient (Wildman–Crippen LogP) is 2.82. The second-order valence-electron chi connectivity index (χ2n) is 6.64. The van der Waals surface area contributed by atoms with Gasteiger partial charge in [-0.2, -0.15) is 4.31 Å². The summed E-state index contributed by atoms with van der Waals surface area (Å²) in [5.41, 5.74) is 0.665.